The quantitative estimate of drug-likeness (QED) is 0.484. The third kappa shape index (κ3) is 3.89. The SMILES string of the molecule is CCOc1ccc2[nH]c3c(c2c1)CC1(CC)C(=O)N(CCN2CCN(C)CC2)C(=O)N1C3c1ccccc1. The molecule has 38 heavy (non-hydrogen) atoms. The van der Waals surface area contributed by atoms with Crippen molar-refractivity contribution >= 4 is 22.8 Å². The Balaban J connectivity index is 1.42. The van der Waals surface area contributed by atoms with E-state index < -0.39 is 5.54 Å². The zero-order valence-corrected chi connectivity index (χ0v) is 22.6. The highest BCUT2D eigenvalue weighted by Gasteiger charge is 2.61. The van der Waals surface area contributed by atoms with Crippen LogP contribution in [0, 0.1) is 0 Å². The molecular weight excluding hydrogens is 478 g/mol. The van der Waals surface area contributed by atoms with Gasteiger partial charge in [0.05, 0.1) is 6.61 Å². The van der Waals surface area contributed by atoms with Crippen LogP contribution in [0.5, 0.6) is 5.75 Å². The van der Waals surface area contributed by atoms with Gasteiger partial charge in [-0.15, -0.1) is 0 Å². The molecule has 3 aromatic rings. The van der Waals surface area contributed by atoms with Crippen molar-refractivity contribution in [3.05, 3.63) is 65.4 Å². The number of hydrogen-bond acceptors (Lipinski definition) is 5. The van der Waals surface area contributed by atoms with E-state index in [1.54, 1.807) is 0 Å². The van der Waals surface area contributed by atoms with Crippen LogP contribution in [-0.2, 0) is 11.2 Å². The zero-order chi connectivity index (χ0) is 26.4. The fourth-order valence-electron chi connectivity index (χ4n) is 6.53. The second kappa shape index (κ2) is 9.75. The van der Waals surface area contributed by atoms with Gasteiger partial charge in [0.1, 0.15) is 17.3 Å². The summed E-state index contributed by atoms with van der Waals surface area (Å²) in [6.07, 6.45) is 1.05. The molecule has 0 aliphatic carbocycles. The van der Waals surface area contributed by atoms with Crippen LogP contribution in [0.3, 0.4) is 0 Å². The van der Waals surface area contributed by atoms with Gasteiger partial charge in [-0.2, -0.15) is 0 Å². The normalized spacial score (nSPS) is 24.2. The first-order chi connectivity index (χ1) is 18.5. The molecule has 2 fully saturated rings. The maximum Gasteiger partial charge on any atom is 0.328 e. The number of carbonyl (C=O) groups is 2. The third-order valence-corrected chi connectivity index (χ3v) is 8.70. The van der Waals surface area contributed by atoms with Crippen molar-refractivity contribution in [2.75, 3.05) is 52.9 Å². The molecule has 2 saturated heterocycles. The number of fused-ring (bicyclic) bond motifs is 4. The Kier molecular flexibility index (Phi) is 6.40. The molecular formula is C30H37N5O3. The first kappa shape index (κ1) is 24.9. The Morgan fingerprint density at radius 3 is 2.47 bits per heavy atom. The zero-order valence-electron chi connectivity index (χ0n) is 22.6. The van der Waals surface area contributed by atoms with E-state index in [1.807, 2.05) is 49.1 Å². The molecule has 0 radical (unpaired) electrons. The summed E-state index contributed by atoms with van der Waals surface area (Å²) in [4.78, 5) is 40.1. The number of imide groups is 1. The van der Waals surface area contributed by atoms with Gasteiger partial charge in [-0.05, 0) is 49.7 Å². The van der Waals surface area contributed by atoms with E-state index in [0.717, 1.165) is 59.7 Å². The number of piperazine rings is 1. The van der Waals surface area contributed by atoms with E-state index in [9.17, 15) is 9.59 Å². The minimum absolute atomic E-state index is 0.0685. The highest BCUT2D eigenvalue weighted by molar-refractivity contribution is 6.08. The van der Waals surface area contributed by atoms with E-state index in [4.69, 9.17) is 4.74 Å². The maximum absolute atomic E-state index is 14.2. The Morgan fingerprint density at radius 1 is 1.00 bits per heavy atom. The fraction of sp³-hybridized carbons (Fsp3) is 0.467. The highest BCUT2D eigenvalue weighted by Crippen LogP contribution is 2.50. The molecule has 1 N–H and O–H groups in total. The number of rotatable bonds is 7. The van der Waals surface area contributed by atoms with Crippen LogP contribution >= 0.6 is 0 Å². The number of benzene rings is 2. The second-order valence-electron chi connectivity index (χ2n) is 10.8. The number of nitrogens with zero attached hydrogens (tertiary/aromatic N) is 4. The van der Waals surface area contributed by atoms with E-state index in [-0.39, 0.29) is 18.0 Å². The van der Waals surface area contributed by atoms with Gasteiger partial charge in [0.2, 0.25) is 0 Å². The minimum atomic E-state index is -0.913. The molecule has 3 aliphatic heterocycles. The van der Waals surface area contributed by atoms with Gasteiger partial charge in [-0.3, -0.25) is 19.5 Å². The van der Waals surface area contributed by atoms with Gasteiger partial charge in [0.15, 0.2) is 0 Å². The summed E-state index contributed by atoms with van der Waals surface area (Å²) >= 11 is 0. The summed E-state index contributed by atoms with van der Waals surface area (Å²) in [7, 11) is 2.13. The molecule has 2 atom stereocenters. The summed E-state index contributed by atoms with van der Waals surface area (Å²) < 4.78 is 5.81. The maximum atomic E-state index is 14.2. The van der Waals surface area contributed by atoms with Crippen LogP contribution in [0.2, 0.25) is 0 Å². The van der Waals surface area contributed by atoms with Gasteiger partial charge < -0.3 is 14.6 Å². The van der Waals surface area contributed by atoms with Crippen LogP contribution in [0.1, 0.15) is 43.1 Å². The molecule has 200 valence electrons. The summed E-state index contributed by atoms with van der Waals surface area (Å²) in [5.74, 6) is 0.745. The Bertz CT molecular complexity index is 1350. The molecule has 0 spiro atoms. The molecule has 1 aromatic heterocycles. The van der Waals surface area contributed by atoms with Crippen molar-refractivity contribution in [3.8, 4) is 5.75 Å². The number of amides is 3. The average Bonchev–Trinajstić information content (AvgIpc) is 3.40. The third-order valence-electron chi connectivity index (χ3n) is 8.70. The number of ether oxygens (including phenoxy) is 1. The van der Waals surface area contributed by atoms with Crippen LogP contribution < -0.4 is 4.74 Å². The first-order valence-corrected chi connectivity index (χ1v) is 13.8. The largest absolute Gasteiger partial charge is 0.494 e. The van der Waals surface area contributed by atoms with Crippen molar-refractivity contribution in [2.45, 2.75) is 38.3 Å². The lowest BCUT2D eigenvalue weighted by atomic mass is 9.78. The fourth-order valence-corrected chi connectivity index (χ4v) is 6.53. The van der Waals surface area contributed by atoms with Gasteiger partial charge in [-0.25, -0.2) is 4.79 Å². The van der Waals surface area contributed by atoms with Crippen molar-refractivity contribution < 1.29 is 14.3 Å². The van der Waals surface area contributed by atoms with Gasteiger partial charge in [-0.1, -0.05) is 37.3 Å². The molecule has 3 aliphatic rings. The van der Waals surface area contributed by atoms with Crippen LogP contribution in [-0.4, -0.2) is 95.0 Å². The number of hydrogen-bond donors (Lipinski definition) is 1. The van der Waals surface area contributed by atoms with Crippen LogP contribution in [0.25, 0.3) is 10.9 Å². The van der Waals surface area contributed by atoms with Crippen molar-refractivity contribution in [1.82, 2.24) is 24.6 Å². The summed E-state index contributed by atoms with van der Waals surface area (Å²) in [5.41, 5.74) is 3.19. The van der Waals surface area contributed by atoms with Crippen LogP contribution in [0.15, 0.2) is 48.5 Å². The molecule has 0 saturated carbocycles. The summed E-state index contributed by atoms with van der Waals surface area (Å²) in [6, 6.07) is 15.6. The van der Waals surface area contributed by atoms with E-state index in [2.05, 4.69) is 40.0 Å². The number of likely N-dealkylation sites (N-methyl/N-ethyl adjacent to an activating group) is 1. The standard InChI is InChI=1S/C30H37N5O3/c1-4-30-20-24-23-19-22(38-5-2)11-12-25(23)31-26(24)27(21-9-7-6-8-10-21)35(30)29(37)34(28(30)36)18-17-33-15-13-32(3)14-16-33/h6-12,19,27,31H,4-5,13-18,20H2,1-3H3. The number of aromatic nitrogens is 1. The van der Waals surface area contributed by atoms with Gasteiger partial charge >= 0.3 is 6.03 Å². The molecule has 3 amide bonds. The lowest BCUT2D eigenvalue weighted by Gasteiger charge is -2.44. The number of H-pyrrole nitrogens is 1. The molecule has 0 bridgehead atoms. The van der Waals surface area contributed by atoms with E-state index in [0.29, 0.717) is 32.5 Å². The van der Waals surface area contributed by atoms with E-state index >= 15 is 0 Å². The lowest BCUT2D eigenvalue weighted by Crippen LogP contribution is -2.55. The smallest absolute Gasteiger partial charge is 0.328 e. The first-order valence-electron chi connectivity index (χ1n) is 13.8. The predicted octanol–water partition coefficient (Wildman–Crippen LogP) is 3.87. The highest BCUT2D eigenvalue weighted by atomic mass is 16.5. The molecule has 8 nitrogen and oxygen atoms in total. The van der Waals surface area contributed by atoms with Gasteiger partial charge in [0, 0.05) is 62.3 Å². The van der Waals surface area contributed by atoms with Crippen molar-refractivity contribution in [1.29, 1.82) is 0 Å². The number of urea groups is 1. The van der Waals surface area contributed by atoms with E-state index in [1.165, 1.54) is 4.90 Å². The number of carbonyl (C=O) groups excluding carboxylic acids is 2. The molecule has 8 heteroatoms. The Hall–Kier alpha value is -3.36. The molecule has 4 heterocycles. The lowest BCUT2D eigenvalue weighted by molar-refractivity contribution is -0.134. The monoisotopic (exact) mass is 515 g/mol. The van der Waals surface area contributed by atoms with Gasteiger partial charge in [0.25, 0.3) is 5.91 Å². The molecule has 2 unspecified atom stereocenters. The predicted molar refractivity (Wildman–Crippen MR) is 147 cm³/mol. The Labute approximate surface area is 224 Å². The summed E-state index contributed by atoms with van der Waals surface area (Å²) in [6.45, 7) is 9.67. The average molecular weight is 516 g/mol. The van der Waals surface area contributed by atoms with Crippen molar-refractivity contribution in [2.24, 2.45) is 0 Å². The minimum Gasteiger partial charge on any atom is -0.494 e. The van der Waals surface area contributed by atoms with Crippen molar-refractivity contribution in [3.63, 3.8) is 0 Å². The number of aromatic amines is 1. The second-order valence-corrected chi connectivity index (χ2v) is 10.8. The van der Waals surface area contributed by atoms with Crippen LogP contribution in [0.4, 0.5) is 4.79 Å². The Morgan fingerprint density at radius 2 is 1.76 bits per heavy atom. The summed E-state index contributed by atoms with van der Waals surface area (Å²) in [5, 5.41) is 1.07. The molecule has 6 rings (SSSR count). The molecule has 2 aromatic carbocycles. The number of nitrogens with one attached hydrogen (secondary N) is 1. The topological polar surface area (TPSA) is 72.1 Å².